The maximum absolute atomic E-state index is 13.5. The molecule has 15 heavy (non-hydrogen) atoms. The van der Waals surface area contributed by atoms with Gasteiger partial charge in [-0.1, -0.05) is 12.1 Å². The van der Waals surface area contributed by atoms with Crippen molar-refractivity contribution in [3.05, 3.63) is 48.1 Å². The number of allylic oxidation sites excluding steroid dienone is 1. The Morgan fingerprint density at radius 3 is 2.67 bits per heavy atom. The highest BCUT2D eigenvalue weighted by Gasteiger charge is 2.14. The van der Waals surface area contributed by atoms with Crippen molar-refractivity contribution in [1.29, 1.82) is 0 Å². The Morgan fingerprint density at radius 1 is 1.33 bits per heavy atom. The highest BCUT2D eigenvalue weighted by molar-refractivity contribution is 5.20. The molecule has 0 spiro atoms. The van der Waals surface area contributed by atoms with Crippen molar-refractivity contribution in [2.45, 2.75) is 25.4 Å². The number of hydrogen-bond acceptors (Lipinski definition) is 0. The van der Waals surface area contributed by atoms with Crippen LogP contribution in [0.4, 0.5) is 13.2 Å². The summed E-state index contributed by atoms with van der Waals surface area (Å²) >= 11 is 0. The SMILES string of the molecule is C=CCCCC(F)c1ccc(F)cc1F. The molecule has 1 atom stereocenters. The van der Waals surface area contributed by atoms with Gasteiger partial charge in [0.15, 0.2) is 0 Å². The molecule has 0 heterocycles. The van der Waals surface area contributed by atoms with Crippen LogP contribution in [0.1, 0.15) is 31.0 Å². The van der Waals surface area contributed by atoms with Gasteiger partial charge in [0.1, 0.15) is 17.8 Å². The number of rotatable bonds is 5. The van der Waals surface area contributed by atoms with Crippen LogP contribution in [0, 0.1) is 11.6 Å². The molecule has 0 aliphatic carbocycles. The van der Waals surface area contributed by atoms with E-state index in [0.717, 1.165) is 12.1 Å². The molecule has 0 aromatic heterocycles. The zero-order chi connectivity index (χ0) is 11.3. The summed E-state index contributed by atoms with van der Waals surface area (Å²) in [6.07, 6.45) is 1.86. The Bertz CT molecular complexity index is 334. The standard InChI is InChI=1S/C12H13F3/c1-2-3-4-5-11(14)10-7-6-9(13)8-12(10)15/h2,6-8,11H,1,3-5H2. The molecular weight excluding hydrogens is 201 g/mol. The quantitative estimate of drug-likeness (QED) is 0.505. The average molecular weight is 214 g/mol. The summed E-state index contributed by atoms with van der Waals surface area (Å²) in [6, 6.07) is 2.93. The second-order valence-electron chi connectivity index (χ2n) is 3.35. The Labute approximate surface area is 87.4 Å². The molecule has 0 radical (unpaired) electrons. The molecule has 0 saturated carbocycles. The number of hydrogen-bond donors (Lipinski definition) is 0. The second-order valence-corrected chi connectivity index (χ2v) is 3.35. The molecule has 0 bridgehead atoms. The van der Waals surface area contributed by atoms with Gasteiger partial charge in [0, 0.05) is 11.6 Å². The largest absolute Gasteiger partial charge is 0.242 e. The summed E-state index contributed by atoms with van der Waals surface area (Å²) in [6.45, 7) is 3.51. The first kappa shape index (κ1) is 11.8. The molecule has 1 unspecified atom stereocenters. The molecule has 0 amide bonds. The minimum Gasteiger partial charge on any atom is -0.242 e. The number of halogens is 3. The molecule has 0 aliphatic rings. The highest BCUT2D eigenvalue weighted by Crippen LogP contribution is 2.26. The topological polar surface area (TPSA) is 0 Å². The molecule has 0 fully saturated rings. The molecule has 0 nitrogen and oxygen atoms in total. The van der Waals surface area contributed by atoms with Crippen molar-refractivity contribution in [3.8, 4) is 0 Å². The van der Waals surface area contributed by atoms with E-state index in [2.05, 4.69) is 6.58 Å². The lowest BCUT2D eigenvalue weighted by molar-refractivity contribution is 0.307. The maximum Gasteiger partial charge on any atom is 0.132 e. The first-order valence-electron chi connectivity index (χ1n) is 4.85. The van der Waals surface area contributed by atoms with Crippen molar-refractivity contribution >= 4 is 0 Å². The molecule has 1 aromatic rings. The van der Waals surface area contributed by atoms with Gasteiger partial charge in [0.25, 0.3) is 0 Å². The number of benzene rings is 1. The zero-order valence-electron chi connectivity index (χ0n) is 8.35. The summed E-state index contributed by atoms with van der Waals surface area (Å²) in [7, 11) is 0. The Morgan fingerprint density at radius 2 is 2.07 bits per heavy atom. The van der Waals surface area contributed by atoms with E-state index in [1.54, 1.807) is 6.08 Å². The van der Waals surface area contributed by atoms with Crippen molar-refractivity contribution in [3.63, 3.8) is 0 Å². The number of unbranched alkanes of at least 4 members (excludes halogenated alkanes) is 1. The van der Waals surface area contributed by atoms with Crippen LogP contribution in [-0.2, 0) is 0 Å². The van der Waals surface area contributed by atoms with Crippen LogP contribution in [0.25, 0.3) is 0 Å². The fraction of sp³-hybridized carbons (Fsp3) is 0.333. The summed E-state index contributed by atoms with van der Waals surface area (Å²) in [5.41, 5.74) is -0.0690. The van der Waals surface area contributed by atoms with Crippen molar-refractivity contribution < 1.29 is 13.2 Å². The van der Waals surface area contributed by atoms with Gasteiger partial charge in [-0.15, -0.1) is 6.58 Å². The third-order valence-electron chi connectivity index (χ3n) is 2.17. The minimum absolute atomic E-state index is 0.0690. The molecular formula is C12H13F3. The highest BCUT2D eigenvalue weighted by atomic mass is 19.1. The van der Waals surface area contributed by atoms with E-state index in [4.69, 9.17) is 0 Å². The van der Waals surface area contributed by atoms with E-state index < -0.39 is 17.8 Å². The van der Waals surface area contributed by atoms with Crippen molar-refractivity contribution in [2.75, 3.05) is 0 Å². The summed E-state index contributed by atoms with van der Waals surface area (Å²) in [5.74, 6) is -1.50. The van der Waals surface area contributed by atoms with Gasteiger partial charge >= 0.3 is 0 Å². The normalized spacial score (nSPS) is 12.5. The summed E-state index contributed by atoms with van der Waals surface area (Å²) < 4.78 is 39.1. The van der Waals surface area contributed by atoms with Crippen LogP contribution in [-0.4, -0.2) is 0 Å². The van der Waals surface area contributed by atoms with Gasteiger partial charge in [0.05, 0.1) is 0 Å². The Hall–Kier alpha value is -1.25. The maximum atomic E-state index is 13.5. The lowest BCUT2D eigenvalue weighted by Gasteiger charge is -2.08. The number of alkyl halides is 1. The Kier molecular flexibility index (Phi) is 4.40. The van der Waals surface area contributed by atoms with Gasteiger partial charge in [-0.3, -0.25) is 0 Å². The van der Waals surface area contributed by atoms with E-state index in [1.165, 1.54) is 0 Å². The van der Waals surface area contributed by atoms with Crippen LogP contribution >= 0.6 is 0 Å². The van der Waals surface area contributed by atoms with E-state index in [9.17, 15) is 13.2 Å². The van der Waals surface area contributed by atoms with Crippen molar-refractivity contribution in [1.82, 2.24) is 0 Å². The van der Waals surface area contributed by atoms with E-state index in [-0.39, 0.29) is 12.0 Å². The van der Waals surface area contributed by atoms with Crippen molar-refractivity contribution in [2.24, 2.45) is 0 Å². The third kappa shape index (κ3) is 3.42. The molecule has 1 rings (SSSR count). The van der Waals surface area contributed by atoms with Gasteiger partial charge in [-0.05, 0) is 25.3 Å². The first-order chi connectivity index (χ1) is 7.15. The molecule has 0 saturated heterocycles. The molecule has 82 valence electrons. The monoisotopic (exact) mass is 214 g/mol. The predicted molar refractivity (Wildman–Crippen MR) is 54.3 cm³/mol. The van der Waals surface area contributed by atoms with E-state index >= 15 is 0 Å². The van der Waals surface area contributed by atoms with Crippen LogP contribution in [0.15, 0.2) is 30.9 Å². The van der Waals surface area contributed by atoms with E-state index in [0.29, 0.717) is 18.9 Å². The van der Waals surface area contributed by atoms with Gasteiger partial charge in [-0.2, -0.15) is 0 Å². The third-order valence-corrected chi connectivity index (χ3v) is 2.17. The fourth-order valence-corrected chi connectivity index (χ4v) is 1.35. The summed E-state index contributed by atoms with van der Waals surface area (Å²) in [5, 5.41) is 0. The minimum atomic E-state index is -1.37. The van der Waals surface area contributed by atoms with Crippen LogP contribution in [0.3, 0.4) is 0 Å². The fourth-order valence-electron chi connectivity index (χ4n) is 1.35. The molecule has 1 aromatic carbocycles. The average Bonchev–Trinajstić information content (AvgIpc) is 2.17. The Balaban J connectivity index is 2.64. The molecule has 3 heteroatoms. The summed E-state index contributed by atoms with van der Waals surface area (Å²) in [4.78, 5) is 0. The lowest BCUT2D eigenvalue weighted by Crippen LogP contribution is -1.96. The predicted octanol–water partition coefficient (Wildman–Crippen LogP) is 4.33. The van der Waals surface area contributed by atoms with Gasteiger partial charge < -0.3 is 0 Å². The molecule has 0 N–H and O–H groups in total. The first-order valence-corrected chi connectivity index (χ1v) is 4.85. The second kappa shape index (κ2) is 5.59. The van der Waals surface area contributed by atoms with Crippen LogP contribution < -0.4 is 0 Å². The molecule has 0 aliphatic heterocycles. The van der Waals surface area contributed by atoms with E-state index in [1.807, 2.05) is 0 Å². The van der Waals surface area contributed by atoms with Gasteiger partial charge in [-0.25, -0.2) is 13.2 Å². The smallest absolute Gasteiger partial charge is 0.132 e. The van der Waals surface area contributed by atoms with Crippen LogP contribution in [0.5, 0.6) is 0 Å². The van der Waals surface area contributed by atoms with Crippen LogP contribution in [0.2, 0.25) is 0 Å². The zero-order valence-corrected chi connectivity index (χ0v) is 8.35. The lowest BCUT2D eigenvalue weighted by atomic mass is 10.0. The van der Waals surface area contributed by atoms with Gasteiger partial charge in [0.2, 0.25) is 0 Å².